The third-order valence-electron chi connectivity index (χ3n) is 5.08. The van der Waals surface area contributed by atoms with E-state index in [0.717, 1.165) is 11.0 Å². The molecule has 2 rings (SSSR count). The van der Waals surface area contributed by atoms with E-state index in [-0.39, 0.29) is 43.3 Å². The van der Waals surface area contributed by atoms with Gasteiger partial charge in [-0.15, -0.1) is 0 Å². The van der Waals surface area contributed by atoms with Crippen molar-refractivity contribution < 1.29 is 45.8 Å². The number of unbranched alkanes of at least 4 members (excludes halogenated alkanes) is 1. The molecule has 1 heterocycles. The molecule has 0 radical (unpaired) electrons. The monoisotopic (exact) mass is 470 g/mol. The van der Waals surface area contributed by atoms with Crippen molar-refractivity contribution in [3.63, 3.8) is 0 Å². The fourth-order valence-electron chi connectivity index (χ4n) is 3.34. The average molecular weight is 470 g/mol. The first-order chi connectivity index (χ1) is 14.7. The largest absolute Gasteiger partial charge is 0.493 e. The zero-order chi connectivity index (χ0) is 24.3. The minimum Gasteiger partial charge on any atom is -0.493 e. The molecule has 0 bridgehead atoms. The van der Waals surface area contributed by atoms with E-state index in [1.165, 1.54) is 11.9 Å². The molecule has 12 heteroatoms. The van der Waals surface area contributed by atoms with Gasteiger partial charge in [0.1, 0.15) is 12.3 Å². The van der Waals surface area contributed by atoms with E-state index >= 15 is 0 Å². The first-order valence-electron chi connectivity index (χ1n) is 9.91. The molecule has 1 fully saturated rings. The average Bonchev–Trinajstić information content (AvgIpc) is 2.92. The van der Waals surface area contributed by atoms with Gasteiger partial charge in [-0.2, -0.15) is 26.3 Å². The number of imide groups is 1. The molecule has 1 saturated heterocycles. The smallest absolute Gasteiger partial charge is 0.430 e. The number of halogens is 6. The van der Waals surface area contributed by atoms with Crippen molar-refractivity contribution in [2.75, 3.05) is 26.7 Å². The molecule has 3 amide bonds. The second kappa shape index (κ2) is 9.55. The molecular formula is C20H24F6N2O4. The molecule has 0 atom stereocenters. The van der Waals surface area contributed by atoms with Gasteiger partial charge >= 0.3 is 18.4 Å². The number of amides is 3. The van der Waals surface area contributed by atoms with Crippen molar-refractivity contribution in [2.45, 2.75) is 50.6 Å². The van der Waals surface area contributed by atoms with Crippen molar-refractivity contribution in [1.29, 1.82) is 0 Å². The number of aryl methyl sites for hydroxylation is 1. The molecule has 1 aromatic rings. The van der Waals surface area contributed by atoms with Gasteiger partial charge in [0.2, 0.25) is 5.91 Å². The molecule has 0 aromatic heterocycles. The van der Waals surface area contributed by atoms with Crippen LogP contribution in [-0.4, -0.2) is 65.9 Å². The van der Waals surface area contributed by atoms with Gasteiger partial charge in [0, 0.05) is 19.2 Å². The van der Waals surface area contributed by atoms with Crippen molar-refractivity contribution >= 4 is 11.9 Å². The standard InChI is InChI=1S/C20H24F6N2O4/c1-3-6-13-11-14(18(31,19(21,22)23)20(24,25)26)7-8-15(13)32-10-5-4-9-28-16(29)12-27(2)17(28)30/h7-8,11,31H,3-6,9-10,12H2,1-2H3. The van der Waals surface area contributed by atoms with Crippen molar-refractivity contribution in [3.05, 3.63) is 29.3 Å². The Hall–Kier alpha value is -2.50. The Morgan fingerprint density at radius 2 is 1.69 bits per heavy atom. The summed E-state index contributed by atoms with van der Waals surface area (Å²) in [6, 6.07) is 1.79. The highest BCUT2D eigenvalue weighted by atomic mass is 19.4. The highest BCUT2D eigenvalue weighted by Crippen LogP contribution is 2.50. The van der Waals surface area contributed by atoms with Crippen molar-refractivity contribution in [1.82, 2.24) is 9.80 Å². The second-order valence-corrected chi connectivity index (χ2v) is 7.52. The van der Waals surface area contributed by atoms with Crippen molar-refractivity contribution in [2.24, 2.45) is 0 Å². The summed E-state index contributed by atoms with van der Waals surface area (Å²) < 4.78 is 84.4. The summed E-state index contributed by atoms with van der Waals surface area (Å²) in [5, 5.41) is 9.60. The van der Waals surface area contributed by atoms with Crippen LogP contribution in [0.3, 0.4) is 0 Å². The fraction of sp³-hybridized carbons (Fsp3) is 0.600. The van der Waals surface area contributed by atoms with Crippen LogP contribution in [0.2, 0.25) is 0 Å². The van der Waals surface area contributed by atoms with Crippen LogP contribution in [0, 0.1) is 0 Å². The second-order valence-electron chi connectivity index (χ2n) is 7.52. The summed E-state index contributed by atoms with van der Waals surface area (Å²) in [6.07, 6.45) is -10.6. The van der Waals surface area contributed by atoms with Gasteiger partial charge in [0.05, 0.1) is 6.61 Å². The van der Waals surface area contributed by atoms with Crippen LogP contribution in [0.5, 0.6) is 5.75 Å². The van der Waals surface area contributed by atoms with Crippen molar-refractivity contribution in [3.8, 4) is 5.75 Å². The minimum atomic E-state index is -5.96. The van der Waals surface area contributed by atoms with Gasteiger partial charge in [0.25, 0.3) is 5.60 Å². The predicted octanol–water partition coefficient (Wildman–Crippen LogP) is 4.00. The molecule has 32 heavy (non-hydrogen) atoms. The Bertz CT molecular complexity index is 826. The van der Waals surface area contributed by atoms with Gasteiger partial charge in [-0.1, -0.05) is 19.4 Å². The van der Waals surface area contributed by atoms with Gasteiger partial charge in [-0.05, 0) is 37.0 Å². The molecule has 1 aromatic carbocycles. The molecule has 0 saturated carbocycles. The van der Waals surface area contributed by atoms with Crippen LogP contribution in [-0.2, 0) is 16.8 Å². The Balaban J connectivity index is 2.08. The van der Waals surface area contributed by atoms with Gasteiger partial charge in [-0.25, -0.2) is 4.79 Å². The number of aliphatic hydroxyl groups is 1. The molecule has 0 unspecified atom stereocenters. The first kappa shape index (κ1) is 25.8. The van der Waals surface area contributed by atoms with Gasteiger partial charge in [-0.3, -0.25) is 9.69 Å². The Morgan fingerprint density at radius 1 is 1.06 bits per heavy atom. The number of carbonyl (C=O) groups is 2. The number of hydrogen-bond acceptors (Lipinski definition) is 4. The van der Waals surface area contributed by atoms with E-state index < -0.39 is 29.5 Å². The molecule has 180 valence electrons. The van der Waals surface area contributed by atoms with E-state index in [1.807, 2.05) is 0 Å². The summed E-state index contributed by atoms with van der Waals surface area (Å²) in [7, 11) is 1.50. The number of likely N-dealkylation sites (N-methyl/N-ethyl adjacent to an activating group) is 1. The first-order valence-corrected chi connectivity index (χ1v) is 9.91. The SMILES string of the molecule is CCCc1cc(C(O)(C(F)(F)F)C(F)(F)F)ccc1OCCCCN1C(=O)CN(C)C1=O. The highest BCUT2D eigenvalue weighted by molar-refractivity contribution is 6.01. The van der Waals surface area contributed by atoms with Crippen LogP contribution in [0.1, 0.15) is 37.3 Å². The van der Waals surface area contributed by atoms with E-state index in [0.29, 0.717) is 31.4 Å². The topological polar surface area (TPSA) is 70.1 Å². The van der Waals surface area contributed by atoms with Crippen LogP contribution in [0.15, 0.2) is 18.2 Å². The van der Waals surface area contributed by atoms with Gasteiger partial charge < -0.3 is 14.7 Å². The Kier molecular flexibility index (Phi) is 7.69. The van der Waals surface area contributed by atoms with Gasteiger partial charge in [0.15, 0.2) is 0 Å². The lowest BCUT2D eigenvalue weighted by Gasteiger charge is -2.33. The number of rotatable bonds is 9. The van der Waals surface area contributed by atoms with E-state index in [9.17, 15) is 41.0 Å². The van der Waals surface area contributed by atoms with Crippen LogP contribution < -0.4 is 4.74 Å². The quantitative estimate of drug-likeness (QED) is 0.337. The lowest BCUT2D eigenvalue weighted by molar-refractivity contribution is -0.376. The highest BCUT2D eigenvalue weighted by Gasteiger charge is 2.71. The molecular weight excluding hydrogens is 446 g/mol. The maximum Gasteiger partial charge on any atom is 0.430 e. The fourth-order valence-corrected chi connectivity index (χ4v) is 3.34. The Labute approximate surface area is 180 Å². The summed E-state index contributed by atoms with van der Waals surface area (Å²) in [5.41, 5.74) is -6.23. The molecule has 1 aliphatic rings. The Morgan fingerprint density at radius 3 is 2.19 bits per heavy atom. The third-order valence-corrected chi connectivity index (χ3v) is 5.08. The van der Waals surface area contributed by atoms with E-state index in [1.54, 1.807) is 6.92 Å². The van der Waals surface area contributed by atoms with Crippen LogP contribution in [0.25, 0.3) is 0 Å². The van der Waals surface area contributed by atoms with E-state index in [4.69, 9.17) is 4.74 Å². The number of urea groups is 1. The summed E-state index contributed by atoms with van der Waals surface area (Å²) >= 11 is 0. The number of ether oxygens (including phenoxy) is 1. The number of benzene rings is 1. The molecule has 6 nitrogen and oxygen atoms in total. The zero-order valence-electron chi connectivity index (χ0n) is 17.5. The normalized spacial score (nSPS) is 15.7. The number of nitrogens with zero attached hydrogens (tertiary/aromatic N) is 2. The molecule has 0 aliphatic carbocycles. The summed E-state index contributed by atoms with van der Waals surface area (Å²) in [6.45, 7) is 1.95. The summed E-state index contributed by atoms with van der Waals surface area (Å²) in [4.78, 5) is 25.9. The number of carbonyl (C=O) groups excluding carboxylic acids is 2. The molecule has 1 N–H and O–H groups in total. The lowest BCUT2D eigenvalue weighted by Crippen LogP contribution is -2.53. The minimum absolute atomic E-state index is 0.00423. The number of hydrogen-bond donors (Lipinski definition) is 1. The molecule has 1 aliphatic heterocycles. The maximum atomic E-state index is 13.1. The summed E-state index contributed by atoms with van der Waals surface area (Å²) in [5.74, 6) is -0.212. The molecule has 0 spiro atoms. The predicted molar refractivity (Wildman–Crippen MR) is 101 cm³/mol. The van der Waals surface area contributed by atoms with Crippen LogP contribution >= 0.6 is 0 Å². The van der Waals surface area contributed by atoms with E-state index in [2.05, 4.69) is 0 Å². The lowest BCUT2D eigenvalue weighted by atomic mass is 9.90. The number of alkyl halides is 6. The van der Waals surface area contributed by atoms with Crippen LogP contribution in [0.4, 0.5) is 31.1 Å². The maximum absolute atomic E-state index is 13.1. The third kappa shape index (κ3) is 5.11. The zero-order valence-corrected chi connectivity index (χ0v) is 17.5.